The quantitative estimate of drug-likeness (QED) is 0.717. The van der Waals surface area contributed by atoms with Gasteiger partial charge in [-0.1, -0.05) is 0 Å². The van der Waals surface area contributed by atoms with Crippen LogP contribution in [0.2, 0.25) is 0 Å². The van der Waals surface area contributed by atoms with Crippen LogP contribution in [0.1, 0.15) is 50.9 Å². The number of methoxy groups -OCH3 is 1. The minimum Gasteiger partial charge on any atom is -0.495 e. The van der Waals surface area contributed by atoms with Gasteiger partial charge in [-0.3, -0.25) is 4.79 Å². The average Bonchev–Trinajstić information content (AvgIpc) is 3.12. The maximum absolute atomic E-state index is 12.7. The number of nitrogens with zero attached hydrogens (tertiary/aromatic N) is 1. The van der Waals surface area contributed by atoms with Gasteiger partial charge in [0.2, 0.25) is 10.0 Å². The summed E-state index contributed by atoms with van der Waals surface area (Å²) in [4.78, 5) is 26.3. The van der Waals surface area contributed by atoms with Gasteiger partial charge in [-0.15, -0.1) is 0 Å². The van der Waals surface area contributed by atoms with E-state index in [-0.39, 0.29) is 22.1 Å². The normalized spacial score (nSPS) is 16.0. The fraction of sp³-hybridized carbons (Fsp3) is 0.579. The molecule has 1 unspecified atom stereocenters. The fourth-order valence-corrected chi connectivity index (χ4v) is 4.56. The number of hydrogen-bond donors (Lipinski definition) is 1. The van der Waals surface area contributed by atoms with Crippen LogP contribution in [0.5, 0.6) is 5.75 Å². The first-order valence-corrected chi connectivity index (χ1v) is 10.6. The molecular weight excluding hydrogens is 384 g/mol. The number of sulfonamides is 1. The Morgan fingerprint density at radius 1 is 1.18 bits per heavy atom. The lowest BCUT2D eigenvalue weighted by molar-refractivity contribution is -0.138. The Bertz CT molecular complexity index is 838. The zero-order chi connectivity index (χ0) is 21.1. The zero-order valence-electron chi connectivity index (χ0n) is 16.9. The molecule has 1 atom stereocenters. The van der Waals surface area contributed by atoms with E-state index in [1.807, 2.05) is 0 Å². The van der Waals surface area contributed by atoms with Crippen LogP contribution in [0.3, 0.4) is 0 Å². The SMILES string of the molecule is COc1ccc(C(=O)OC(C)C(=O)N2CCCC2)cc1S(=O)(=O)NC(C)(C)C. The van der Waals surface area contributed by atoms with Crippen LogP contribution in [0.15, 0.2) is 23.1 Å². The van der Waals surface area contributed by atoms with E-state index in [1.54, 1.807) is 25.7 Å². The molecule has 1 N–H and O–H groups in total. The molecule has 0 spiro atoms. The van der Waals surface area contributed by atoms with Gasteiger partial charge in [-0.05, 0) is 58.7 Å². The van der Waals surface area contributed by atoms with Crippen molar-refractivity contribution in [2.75, 3.05) is 20.2 Å². The number of hydrogen-bond acceptors (Lipinski definition) is 6. The van der Waals surface area contributed by atoms with Gasteiger partial charge < -0.3 is 14.4 Å². The standard InChI is InChI=1S/C19H28N2O6S/c1-13(17(22)21-10-6-7-11-21)27-18(23)14-8-9-15(26-5)16(12-14)28(24,25)20-19(2,3)4/h8-9,12-13,20H,6-7,10-11H2,1-5H3. The maximum atomic E-state index is 12.7. The lowest BCUT2D eigenvalue weighted by Gasteiger charge is -2.22. The Labute approximate surface area is 166 Å². The van der Waals surface area contributed by atoms with Gasteiger partial charge in [0, 0.05) is 18.6 Å². The van der Waals surface area contributed by atoms with Crippen LogP contribution in [-0.4, -0.2) is 57.0 Å². The molecule has 0 radical (unpaired) electrons. The van der Waals surface area contributed by atoms with Crippen molar-refractivity contribution < 1.29 is 27.5 Å². The highest BCUT2D eigenvalue weighted by molar-refractivity contribution is 7.89. The van der Waals surface area contributed by atoms with E-state index in [0.717, 1.165) is 12.8 Å². The van der Waals surface area contributed by atoms with Crippen molar-refractivity contribution in [3.63, 3.8) is 0 Å². The second-order valence-corrected chi connectivity index (χ2v) is 9.45. The molecule has 2 rings (SSSR count). The smallest absolute Gasteiger partial charge is 0.338 e. The summed E-state index contributed by atoms with van der Waals surface area (Å²) >= 11 is 0. The number of benzene rings is 1. The summed E-state index contributed by atoms with van der Waals surface area (Å²) in [5, 5.41) is 0. The third-order valence-corrected chi connectivity index (χ3v) is 5.96. The summed E-state index contributed by atoms with van der Waals surface area (Å²) in [6.07, 6.45) is 0.931. The van der Waals surface area contributed by atoms with Gasteiger partial charge >= 0.3 is 5.97 Å². The number of amides is 1. The topological polar surface area (TPSA) is 102 Å². The largest absolute Gasteiger partial charge is 0.495 e. The van der Waals surface area contributed by atoms with E-state index in [1.165, 1.54) is 32.2 Å². The molecule has 9 heteroatoms. The highest BCUT2D eigenvalue weighted by Crippen LogP contribution is 2.26. The number of carbonyl (C=O) groups is 2. The lowest BCUT2D eigenvalue weighted by Crippen LogP contribution is -2.40. The van der Waals surface area contributed by atoms with Crippen molar-refractivity contribution in [2.45, 2.75) is 57.1 Å². The van der Waals surface area contributed by atoms with E-state index in [0.29, 0.717) is 13.1 Å². The van der Waals surface area contributed by atoms with E-state index >= 15 is 0 Å². The van der Waals surface area contributed by atoms with E-state index in [4.69, 9.17) is 9.47 Å². The lowest BCUT2D eigenvalue weighted by atomic mass is 10.1. The van der Waals surface area contributed by atoms with Gasteiger partial charge in [0.25, 0.3) is 5.91 Å². The van der Waals surface area contributed by atoms with Crippen LogP contribution < -0.4 is 9.46 Å². The predicted molar refractivity (Wildman–Crippen MR) is 104 cm³/mol. The van der Waals surface area contributed by atoms with Crippen molar-refractivity contribution in [2.24, 2.45) is 0 Å². The van der Waals surface area contributed by atoms with Gasteiger partial charge in [0.1, 0.15) is 10.6 Å². The zero-order valence-corrected chi connectivity index (χ0v) is 17.8. The van der Waals surface area contributed by atoms with E-state index in [9.17, 15) is 18.0 Å². The first kappa shape index (κ1) is 22.2. The molecule has 0 bridgehead atoms. The molecule has 28 heavy (non-hydrogen) atoms. The summed E-state index contributed by atoms with van der Waals surface area (Å²) < 4.78 is 38.3. The molecule has 1 amide bonds. The predicted octanol–water partition coefficient (Wildman–Crippen LogP) is 1.94. The number of rotatable bonds is 6. The third-order valence-electron chi connectivity index (χ3n) is 4.18. The molecule has 1 aromatic carbocycles. The molecule has 1 aromatic rings. The van der Waals surface area contributed by atoms with Gasteiger partial charge in [-0.2, -0.15) is 0 Å². The summed E-state index contributed by atoms with van der Waals surface area (Å²) in [7, 11) is -2.59. The van der Waals surface area contributed by atoms with Crippen molar-refractivity contribution >= 4 is 21.9 Å². The summed E-state index contributed by atoms with van der Waals surface area (Å²) in [5.74, 6) is -0.911. The summed E-state index contributed by atoms with van der Waals surface area (Å²) in [6.45, 7) is 7.96. The first-order valence-electron chi connectivity index (χ1n) is 9.16. The molecule has 1 fully saturated rings. The third kappa shape index (κ3) is 5.45. The highest BCUT2D eigenvalue weighted by atomic mass is 32.2. The van der Waals surface area contributed by atoms with Crippen molar-refractivity contribution in [1.29, 1.82) is 0 Å². The Morgan fingerprint density at radius 2 is 1.79 bits per heavy atom. The second kappa shape index (κ2) is 8.48. The Morgan fingerprint density at radius 3 is 2.32 bits per heavy atom. The van der Waals surface area contributed by atoms with Gasteiger partial charge in [-0.25, -0.2) is 17.9 Å². The first-order chi connectivity index (χ1) is 12.9. The minimum atomic E-state index is -3.93. The van der Waals surface area contributed by atoms with Crippen molar-refractivity contribution in [3.05, 3.63) is 23.8 Å². The van der Waals surface area contributed by atoms with Crippen LogP contribution in [0.4, 0.5) is 0 Å². The Hall–Kier alpha value is -2.13. The number of carbonyl (C=O) groups excluding carboxylic acids is 2. The molecule has 1 heterocycles. The van der Waals surface area contributed by atoms with Crippen LogP contribution in [-0.2, 0) is 19.6 Å². The second-order valence-electron chi connectivity index (χ2n) is 7.80. The minimum absolute atomic E-state index is 0.0242. The fourth-order valence-electron chi connectivity index (χ4n) is 2.95. The Balaban J connectivity index is 2.24. The maximum Gasteiger partial charge on any atom is 0.338 e. The highest BCUT2D eigenvalue weighted by Gasteiger charge is 2.29. The van der Waals surface area contributed by atoms with Crippen molar-refractivity contribution in [3.8, 4) is 5.75 Å². The number of nitrogens with one attached hydrogen (secondary N) is 1. The van der Waals surface area contributed by atoms with Gasteiger partial charge in [0.05, 0.1) is 12.7 Å². The van der Waals surface area contributed by atoms with E-state index < -0.39 is 27.6 Å². The average molecular weight is 413 g/mol. The summed E-state index contributed by atoms with van der Waals surface area (Å²) in [6, 6.07) is 3.99. The van der Waals surface area contributed by atoms with Crippen LogP contribution in [0.25, 0.3) is 0 Å². The monoisotopic (exact) mass is 412 g/mol. The molecule has 0 aromatic heterocycles. The number of ether oxygens (including phenoxy) is 2. The Kier molecular flexibility index (Phi) is 6.71. The molecule has 0 saturated carbocycles. The van der Waals surface area contributed by atoms with Crippen molar-refractivity contribution in [1.82, 2.24) is 9.62 Å². The number of likely N-dealkylation sites (tertiary alicyclic amines) is 1. The van der Waals surface area contributed by atoms with E-state index in [2.05, 4.69) is 4.72 Å². The molecular formula is C19H28N2O6S. The molecule has 156 valence electrons. The van der Waals surface area contributed by atoms with Gasteiger partial charge in [0.15, 0.2) is 6.10 Å². The van der Waals surface area contributed by atoms with Crippen LogP contribution in [0, 0.1) is 0 Å². The van der Waals surface area contributed by atoms with Crippen LogP contribution >= 0.6 is 0 Å². The summed E-state index contributed by atoms with van der Waals surface area (Å²) in [5.41, 5.74) is -0.687. The molecule has 1 aliphatic rings. The number of esters is 1. The molecule has 0 aliphatic carbocycles. The molecule has 1 aliphatic heterocycles. The molecule has 8 nitrogen and oxygen atoms in total. The molecule has 1 saturated heterocycles.